The number of fused-ring (bicyclic) bond motifs is 2. The first-order valence-corrected chi connectivity index (χ1v) is 5.70. The average Bonchev–Trinajstić information content (AvgIpc) is 2.52. The van der Waals surface area contributed by atoms with Gasteiger partial charge in [-0.2, -0.15) is 0 Å². The van der Waals surface area contributed by atoms with E-state index in [0.29, 0.717) is 18.4 Å². The number of likely N-dealkylation sites (tertiary alicyclic amines) is 1. The maximum atomic E-state index is 11.7. The largest absolute Gasteiger partial charge is 0.393 e. The summed E-state index contributed by atoms with van der Waals surface area (Å²) in [5.41, 5.74) is 0. The second kappa shape index (κ2) is 3.89. The van der Waals surface area contributed by atoms with Gasteiger partial charge in [0.1, 0.15) is 0 Å². The van der Waals surface area contributed by atoms with Crippen LogP contribution in [0.3, 0.4) is 0 Å². The molecule has 2 bridgehead atoms. The Balaban J connectivity index is 1.99. The molecule has 1 amide bonds. The SMILES string of the molecule is CCCC(=O)N1CC2CC1CCC2O. The number of rotatable bonds is 2. The van der Waals surface area contributed by atoms with E-state index in [2.05, 4.69) is 0 Å². The molecule has 1 aliphatic heterocycles. The Morgan fingerprint density at radius 1 is 1.50 bits per heavy atom. The number of hydrogen-bond acceptors (Lipinski definition) is 2. The predicted molar refractivity (Wildman–Crippen MR) is 53.8 cm³/mol. The Bertz CT molecular complexity index is 229. The van der Waals surface area contributed by atoms with Gasteiger partial charge in [0, 0.05) is 24.9 Å². The van der Waals surface area contributed by atoms with Crippen LogP contribution in [-0.2, 0) is 4.79 Å². The van der Waals surface area contributed by atoms with Gasteiger partial charge in [-0.05, 0) is 25.7 Å². The van der Waals surface area contributed by atoms with Crippen LogP contribution in [0.1, 0.15) is 39.0 Å². The summed E-state index contributed by atoms with van der Waals surface area (Å²) >= 11 is 0. The summed E-state index contributed by atoms with van der Waals surface area (Å²) in [7, 11) is 0. The van der Waals surface area contributed by atoms with E-state index < -0.39 is 0 Å². The lowest BCUT2D eigenvalue weighted by molar-refractivity contribution is -0.132. The zero-order valence-corrected chi connectivity index (χ0v) is 8.78. The van der Waals surface area contributed by atoms with Gasteiger partial charge in [-0.15, -0.1) is 0 Å². The summed E-state index contributed by atoms with van der Waals surface area (Å²) < 4.78 is 0. The van der Waals surface area contributed by atoms with E-state index in [1.807, 2.05) is 11.8 Å². The summed E-state index contributed by atoms with van der Waals surface area (Å²) in [6.07, 6.45) is 4.33. The lowest BCUT2D eigenvalue weighted by Gasteiger charge is -2.25. The molecule has 0 aromatic carbocycles. The van der Waals surface area contributed by atoms with Crippen molar-refractivity contribution in [2.45, 2.75) is 51.2 Å². The highest BCUT2D eigenvalue weighted by atomic mass is 16.3. The number of aliphatic hydroxyl groups excluding tert-OH is 1. The molecule has 0 radical (unpaired) electrons. The van der Waals surface area contributed by atoms with Crippen molar-refractivity contribution in [3.63, 3.8) is 0 Å². The third-order valence-corrected chi connectivity index (χ3v) is 3.57. The normalized spacial score (nSPS) is 36.1. The highest BCUT2D eigenvalue weighted by Gasteiger charge is 2.41. The second-order valence-electron chi connectivity index (χ2n) is 4.59. The maximum absolute atomic E-state index is 11.7. The molecule has 14 heavy (non-hydrogen) atoms. The number of nitrogens with zero attached hydrogens (tertiary/aromatic N) is 1. The third kappa shape index (κ3) is 1.65. The second-order valence-corrected chi connectivity index (χ2v) is 4.59. The van der Waals surface area contributed by atoms with Crippen LogP contribution in [0.5, 0.6) is 0 Å². The van der Waals surface area contributed by atoms with Crippen molar-refractivity contribution in [2.24, 2.45) is 5.92 Å². The molecule has 2 rings (SSSR count). The molecule has 1 aliphatic carbocycles. The van der Waals surface area contributed by atoms with Gasteiger partial charge in [-0.25, -0.2) is 0 Å². The molecule has 3 atom stereocenters. The van der Waals surface area contributed by atoms with E-state index in [1.54, 1.807) is 0 Å². The fourth-order valence-electron chi connectivity index (χ4n) is 2.77. The van der Waals surface area contributed by atoms with E-state index in [-0.39, 0.29) is 12.0 Å². The standard InChI is InChI=1S/C11H19NO2/c1-2-3-11(14)12-7-8-6-9(12)4-5-10(8)13/h8-10,13H,2-7H2,1H3. The Kier molecular flexibility index (Phi) is 2.77. The van der Waals surface area contributed by atoms with Crippen molar-refractivity contribution in [1.82, 2.24) is 4.90 Å². The highest BCUT2D eigenvalue weighted by Crippen LogP contribution is 2.35. The lowest BCUT2D eigenvalue weighted by Crippen LogP contribution is -2.34. The first-order chi connectivity index (χ1) is 6.72. The number of carbonyl (C=O) groups excluding carboxylic acids is 1. The summed E-state index contributed by atoms with van der Waals surface area (Å²) in [5.74, 6) is 0.642. The zero-order valence-electron chi connectivity index (χ0n) is 8.78. The summed E-state index contributed by atoms with van der Waals surface area (Å²) in [5, 5.41) is 9.69. The first kappa shape index (κ1) is 9.97. The smallest absolute Gasteiger partial charge is 0.222 e. The molecule has 1 saturated carbocycles. The molecule has 2 aliphatic rings. The van der Waals surface area contributed by atoms with Crippen molar-refractivity contribution in [3.05, 3.63) is 0 Å². The Morgan fingerprint density at radius 3 is 2.93 bits per heavy atom. The molecule has 1 heterocycles. The van der Waals surface area contributed by atoms with Crippen molar-refractivity contribution in [3.8, 4) is 0 Å². The molecule has 0 spiro atoms. The summed E-state index contributed by atoms with van der Waals surface area (Å²) in [4.78, 5) is 13.7. The van der Waals surface area contributed by atoms with Gasteiger partial charge in [0.2, 0.25) is 5.91 Å². The Labute approximate surface area is 85.1 Å². The van der Waals surface area contributed by atoms with Crippen LogP contribution >= 0.6 is 0 Å². The molecule has 3 unspecified atom stereocenters. The van der Waals surface area contributed by atoms with Crippen molar-refractivity contribution >= 4 is 5.91 Å². The minimum absolute atomic E-state index is 0.161. The molecule has 0 aromatic heterocycles. The van der Waals surface area contributed by atoms with Gasteiger partial charge in [-0.1, -0.05) is 6.92 Å². The predicted octanol–water partition coefficient (Wildman–Crippen LogP) is 1.16. The molecular formula is C11H19NO2. The Morgan fingerprint density at radius 2 is 2.29 bits per heavy atom. The quantitative estimate of drug-likeness (QED) is 0.721. The summed E-state index contributed by atoms with van der Waals surface area (Å²) in [6.45, 7) is 2.83. The number of aliphatic hydroxyl groups is 1. The van der Waals surface area contributed by atoms with Gasteiger partial charge >= 0.3 is 0 Å². The van der Waals surface area contributed by atoms with Crippen LogP contribution < -0.4 is 0 Å². The molecule has 2 fully saturated rings. The van der Waals surface area contributed by atoms with E-state index in [1.165, 1.54) is 0 Å². The number of amides is 1. The lowest BCUT2D eigenvalue weighted by atomic mass is 9.88. The Hall–Kier alpha value is -0.570. The maximum Gasteiger partial charge on any atom is 0.222 e. The van der Waals surface area contributed by atoms with E-state index in [4.69, 9.17) is 0 Å². The van der Waals surface area contributed by atoms with Crippen molar-refractivity contribution < 1.29 is 9.90 Å². The van der Waals surface area contributed by atoms with Crippen LogP contribution in [0.25, 0.3) is 0 Å². The number of hydrogen-bond donors (Lipinski definition) is 1. The fraction of sp³-hybridized carbons (Fsp3) is 0.909. The molecule has 0 aromatic rings. The third-order valence-electron chi connectivity index (χ3n) is 3.57. The molecular weight excluding hydrogens is 178 g/mol. The monoisotopic (exact) mass is 197 g/mol. The summed E-state index contributed by atoms with van der Waals surface area (Å²) in [6, 6.07) is 0.433. The van der Waals surface area contributed by atoms with Gasteiger partial charge in [0.25, 0.3) is 0 Å². The van der Waals surface area contributed by atoms with Gasteiger partial charge < -0.3 is 10.0 Å². The van der Waals surface area contributed by atoms with Crippen LogP contribution in [0.4, 0.5) is 0 Å². The van der Waals surface area contributed by atoms with E-state index in [9.17, 15) is 9.90 Å². The van der Waals surface area contributed by atoms with E-state index >= 15 is 0 Å². The van der Waals surface area contributed by atoms with Crippen LogP contribution in [0.2, 0.25) is 0 Å². The molecule has 3 heteroatoms. The van der Waals surface area contributed by atoms with Gasteiger partial charge in [-0.3, -0.25) is 4.79 Å². The minimum Gasteiger partial charge on any atom is -0.393 e. The minimum atomic E-state index is -0.161. The van der Waals surface area contributed by atoms with Crippen molar-refractivity contribution in [1.29, 1.82) is 0 Å². The number of carbonyl (C=O) groups is 1. The first-order valence-electron chi connectivity index (χ1n) is 5.70. The molecule has 1 saturated heterocycles. The van der Waals surface area contributed by atoms with Crippen LogP contribution in [0, 0.1) is 5.92 Å². The van der Waals surface area contributed by atoms with Crippen LogP contribution in [-0.4, -0.2) is 34.6 Å². The zero-order chi connectivity index (χ0) is 10.1. The van der Waals surface area contributed by atoms with Gasteiger partial charge in [0.15, 0.2) is 0 Å². The van der Waals surface area contributed by atoms with Crippen LogP contribution in [0.15, 0.2) is 0 Å². The fourth-order valence-corrected chi connectivity index (χ4v) is 2.77. The highest BCUT2D eigenvalue weighted by molar-refractivity contribution is 5.76. The molecule has 80 valence electrons. The van der Waals surface area contributed by atoms with Crippen molar-refractivity contribution in [2.75, 3.05) is 6.54 Å². The average molecular weight is 197 g/mol. The van der Waals surface area contributed by atoms with E-state index in [0.717, 1.165) is 32.2 Å². The topological polar surface area (TPSA) is 40.5 Å². The molecule has 1 N–H and O–H groups in total. The van der Waals surface area contributed by atoms with Gasteiger partial charge in [0.05, 0.1) is 6.10 Å². The molecule has 3 nitrogen and oxygen atoms in total.